The van der Waals surface area contributed by atoms with Crippen molar-refractivity contribution in [3.63, 3.8) is 0 Å². The average Bonchev–Trinajstić information content (AvgIpc) is 2.81. The molecule has 0 fully saturated rings. The molecule has 4 aromatic rings. The van der Waals surface area contributed by atoms with Crippen LogP contribution in [0.5, 0.6) is 0 Å². The molecule has 0 unspecified atom stereocenters. The molecule has 3 aromatic carbocycles. The molecule has 1 aromatic heterocycles. The Morgan fingerprint density at radius 2 is 1.73 bits per heavy atom. The monoisotopic (exact) mass is 440 g/mol. The molecule has 1 heterocycles. The zero-order valence-corrected chi connectivity index (χ0v) is 18.7. The summed E-state index contributed by atoms with van der Waals surface area (Å²) in [6.45, 7) is 6.02. The number of hydrogen-bond donors (Lipinski definition) is 1. The number of nitrogens with zero attached hydrogens (tertiary/aromatic N) is 1. The summed E-state index contributed by atoms with van der Waals surface area (Å²) in [5.41, 5.74) is 4.89. The fourth-order valence-corrected chi connectivity index (χ4v) is 3.46. The molecule has 0 saturated heterocycles. The third-order valence-electron chi connectivity index (χ3n) is 5.14. The Balaban J connectivity index is 1.76. The van der Waals surface area contributed by atoms with Crippen molar-refractivity contribution in [1.29, 1.82) is 0 Å². The number of rotatable bonds is 5. The van der Waals surface area contributed by atoms with Crippen LogP contribution in [-0.4, -0.2) is 18.5 Å². The van der Waals surface area contributed by atoms with E-state index in [-0.39, 0.29) is 11.5 Å². The molecule has 166 valence electrons. The maximum absolute atomic E-state index is 13.2. The van der Waals surface area contributed by atoms with Gasteiger partial charge in [0.2, 0.25) is 5.55 Å². The molecule has 0 aliphatic heterocycles. The third-order valence-corrected chi connectivity index (χ3v) is 5.14. The van der Waals surface area contributed by atoms with E-state index in [0.717, 1.165) is 22.2 Å². The molecule has 0 saturated carbocycles. The van der Waals surface area contributed by atoms with Gasteiger partial charge < -0.3 is 14.5 Å². The number of benzene rings is 3. The van der Waals surface area contributed by atoms with Crippen LogP contribution in [-0.2, 0) is 4.74 Å². The summed E-state index contributed by atoms with van der Waals surface area (Å²) in [4.78, 5) is 29.7. The topological polar surface area (TPSA) is 80.9 Å². The first-order valence-electron chi connectivity index (χ1n) is 10.7. The number of hydrogen-bond acceptors (Lipinski definition) is 5. The second-order valence-electron chi connectivity index (χ2n) is 7.65. The van der Waals surface area contributed by atoms with Gasteiger partial charge in [0.1, 0.15) is 11.1 Å². The minimum atomic E-state index is -0.395. The number of amides is 1. The number of anilines is 1. The van der Waals surface area contributed by atoms with Crippen LogP contribution in [0.3, 0.4) is 0 Å². The van der Waals surface area contributed by atoms with Gasteiger partial charge in [-0.1, -0.05) is 35.9 Å². The summed E-state index contributed by atoms with van der Waals surface area (Å²) in [6, 6.07) is 21.7. The molecule has 0 spiro atoms. The number of carbonyl (C=O) groups excluding carboxylic acids is 2. The molecule has 0 radical (unpaired) electrons. The minimum absolute atomic E-state index is 0.180. The quantitative estimate of drug-likeness (QED) is 0.403. The smallest absolute Gasteiger partial charge is 0.338 e. The Morgan fingerprint density at radius 3 is 2.45 bits per heavy atom. The summed E-state index contributed by atoms with van der Waals surface area (Å²) >= 11 is 0. The van der Waals surface area contributed by atoms with Crippen molar-refractivity contribution in [1.82, 2.24) is 0 Å². The number of aryl methyl sites for hydroxylation is 2. The Hall–Kier alpha value is -4.19. The SMILES string of the molecule is CCOC(=O)c1ccc(N=c2oc3ccccc3cc2C(=O)Nc2ccc(C)cc2C)cc1. The van der Waals surface area contributed by atoms with Crippen LogP contribution in [0.4, 0.5) is 11.4 Å². The van der Waals surface area contributed by atoms with Crippen molar-refractivity contribution in [2.75, 3.05) is 11.9 Å². The highest BCUT2D eigenvalue weighted by Crippen LogP contribution is 2.19. The highest BCUT2D eigenvalue weighted by atomic mass is 16.5. The molecule has 0 atom stereocenters. The van der Waals surface area contributed by atoms with E-state index in [0.29, 0.717) is 29.0 Å². The average molecular weight is 440 g/mol. The van der Waals surface area contributed by atoms with E-state index in [1.54, 1.807) is 37.3 Å². The van der Waals surface area contributed by atoms with Crippen molar-refractivity contribution in [3.05, 3.63) is 101 Å². The molecule has 0 aliphatic carbocycles. The van der Waals surface area contributed by atoms with Gasteiger partial charge in [0, 0.05) is 11.1 Å². The van der Waals surface area contributed by atoms with E-state index in [4.69, 9.17) is 9.15 Å². The predicted octanol–water partition coefficient (Wildman–Crippen LogP) is 5.71. The van der Waals surface area contributed by atoms with Gasteiger partial charge in [-0.15, -0.1) is 0 Å². The maximum atomic E-state index is 13.2. The maximum Gasteiger partial charge on any atom is 0.338 e. The molecule has 0 bridgehead atoms. The van der Waals surface area contributed by atoms with Crippen LogP contribution in [0.25, 0.3) is 11.0 Å². The van der Waals surface area contributed by atoms with Crippen molar-refractivity contribution < 1.29 is 18.7 Å². The van der Waals surface area contributed by atoms with Crippen molar-refractivity contribution in [2.24, 2.45) is 4.99 Å². The predicted molar refractivity (Wildman–Crippen MR) is 128 cm³/mol. The first-order valence-corrected chi connectivity index (χ1v) is 10.7. The number of esters is 1. The summed E-state index contributed by atoms with van der Waals surface area (Å²) in [6.07, 6.45) is 0. The lowest BCUT2D eigenvalue weighted by Crippen LogP contribution is -2.22. The summed E-state index contributed by atoms with van der Waals surface area (Å²) < 4.78 is 11.0. The van der Waals surface area contributed by atoms with Gasteiger partial charge in [-0.05, 0) is 68.8 Å². The second-order valence-corrected chi connectivity index (χ2v) is 7.65. The standard InChI is InChI=1S/C27H24N2O4/c1-4-32-27(31)19-10-12-21(13-11-19)28-26-22(16-20-7-5-6-8-24(20)33-26)25(30)29-23-14-9-17(2)15-18(23)3/h5-16H,4H2,1-3H3,(H,29,30). The van der Waals surface area contributed by atoms with Gasteiger partial charge in [-0.3, -0.25) is 4.79 Å². The second kappa shape index (κ2) is 9.53. The Bertz CT molecular complexity index is 1400. The summed E-state index contributed by atoms with van der Waals surface area (Å²) in [7, 11) is 0. The highest BCUT2D eigenvalue weighted by molar-refractivity contribution is 6.05. The van der Waals surface area contributed by atoms with Crippen molar-refractivity contribution >= 4 is 34.2 Å². The number of carbonyl (C=O) groups is 2. The van der Waals surface area contributed by atoms with Gasteiger partial charge in [0.25, 0.3) is 5.91 Å². The molecule has 1 N–H and O–H groups in total. The fraction of sp³-hybridized carbons (Fsp3) is 0.148. The normalized spacial score (nSPS) is 11.4. The molecule has 0 aliphatic rings. The van der Waals surface area contributed by atoms with Crippen molar-refractivity contribution in [2.45, 2.75) is 20.8 Å². The fourth-order valence-electron chi connectivity index (χ4n) is 3.46. The van der Waals surface area contributed by atoms with Crippen LogP contribution in [0.1, 0.15) is 38.8 Å². The molecule has 4 rings (SSSR count). The molecule has 6 heteroatoms. The van der Waals surface area contributed by atoms with E-state index in [1.165, 1.54) is 0 Å². The number of ether oxygens (including phenoxy) is 1. The summed E-state index contributed by atoms with van der Waals surface area (Å²) in [5, 5.41) is 3.75. The van der Waals surface area contributed by atoms with Gasteiger partial charge in [0.15, 0.2) is 0 Å². The Morgan fingerprint density at radius 1 is 0.970 bits per heavy atom. The first-order chi connectivity index (χ1) is 15.9. The summed E-state index contributed by atoms with van der Waals surface area (Å²) in [5.74, 6) is -0.716. The van der Waals surface area contributed by atoms with Gasteiger partial charge >= 0.3 is 5.97 Å². The van der Waals surface area contributed by atoms with E-state index in [2.05, 4.69) is 10.3 Å². The number of fused-ring (bicyclic) bond motifs is 1. The Labute approximate surface area is 191 Å². The lowest BCUT2D eigenvalue weighted by Gasteiger charge is -2.10. The lowest BCUT2D eigenvalue weighted by molar-refractivity contribution is 0.0526. The van der Waals surface area contributed by atoms with E-state index >= 15 is 0 Å². The van der Waals surface area contributed by atoms with Crippen LogP contribution in [0.15, 0.2) is 82.2 Å². The molecular formula is C27H24N2O4. The van der Waals surface area contributed by atoms with Crippen LogP contribution >= 0.6 is 0 Å². The van der Waals surface area contributed by atoms with Crippen molar-refractivity contribution in [3.8, 4) is 0 Å². The first kappa shape index (κ1) is 22.0. The van der Waals surface area contributed by atoms with Gasteiger partial charge in [-0.25, -0.2) is 9.79 Å². The van der Waals surface area contributed by atoms with E-state index in [9.17, 15) is 9.59 Å². The zero-order chi connectivity index (χ0) is 23.4. The highest BCUT2D eigenvalue weighted by Gasteiger charge is 2.14. The largest absolute Gasteiger partial charge is 0.462 e. The Kier molecular flexibility index (Phi) is 6.36. The molecule has 33 heavy (non-hydrogen) atoms. The van der Waals surface area contributed by atoms with E-state index in [1.807, 2.05) is 56.3 Å². The minimum Gasteiger partial charge on any atom is -0.462 e. The third kappa shape index (κ3) is 5.01. The number of nitrogens with one attached hydrogen (secondary N) is 1. The van der Waals surface area contributed by atoms with Crippen LogP contribution in [0.2, 0.25) is 0 Å². The molecule has 6 nitrogen and oxygen atoms in total. The number of para-hydroxylation sites is 1. The molecule has 1 amide bonds. The zero-order valence-electron chi connectivity index (χ0n) is 18.7. The van der Waals surface area contributed by atoms with Crippen LogP contribution in [0, 0.1) is 13.8 Å². The van der Waals surface area contributed by atoms with Gasteiger partial charge in [-0.2, -0.15) is 0 Å². The lowest BCUT2D eigenvalue weighted by atomic mass is 10.1. The van der Waals surface area contributed by atoms with Crippen LogP contribution < -0.4 is 10.9 Å². The van der Waals surface area contributed by atoms with E-state index < -0.39 is 5.97 Å². The molecular weight excluding hydrogens is 416 g/mol. The van der Waals surface area contributed by atoms with Gasteiger partial charge in [0.05, 0.1) is 17.9 Å².